The van der Waals surface area contributed by atoms with Crippen LogP contribution in [0.25, 0.3) is 0 Å². The van der Waals surface area contributed by atoms with Crippen molar-refractivity contribution < 1.29 is 4.79 Å². The second kappa shape index (κ2) is 8.30. The number of nitrogens with zero attached hydrogens (tertiary/aromatic N) is 1. The Morgan fingerprint density at radius 3 is 2.19 bits per heavy atom. The lowest BCUT2D eigenvalue weighted by Crippen LogP contribution is -2.13. The molecule has 0 saturated heterocycles. The van der Waals surface area contributed by atoms with Crippen LogP contribution in [0.1, 0.15) is 35.3 Å². The lowest BCUT2D eigenvalue weighted by Gasteiger charge is -2.12. The average Bonchev–Trinajstić information content (AvgIpc) is 2.69. The Bertz CT molecular complexity index is 905. The van der Waals surface area contributed by atoms with Crippen LogP contribution in [0.15, 0.2) is 67.0 Å². The number of aryl methyl sites for hydroxylation is 2. The average molecular weight is 345 g/mol. The first kappa shape index (κ1) is 17.7. The van der Waals surface area contributed by atoms with Gasteiger partial charge in [0.15, 0.2) is 0 Å². The predicted molar refractivity (Wildman–Crippen MR) is 107 cm³/mol. The third-order valence-corrected chi connectivity index (χ3v) is 4.32. The van der Waals surface area contributed by atoms with Gasteiger partial charge in [0.05, 0.1) is 17.4 Å². The minimum absolute atomic E-state index is 0.161. The van der Waals surface area contributed by atoms with Gasteiger partial charge in [-0.15, -0.1) is 0 Å². The number of anilines is 3. The third kappa shape index (κ3) is 4.09. The summed E-state index contributed by atoms with van der Waals surface area (Å²) >= 11 is 0. The van der Waals surface area contributed by atoms with E-state index in [-0.39, 0.29) is 5.91 Å². The van der Waals surface area contributed by atoms with E-state index in [1.54, 1.807) is 12.4 Å². The molecule has 1 heterocycles. The molecule has 1 amide bonds. The van der Waals surface area contributed by atoms with Gasteiger partial charge >= 0.3 is 0 Å². The van der Waals surface area contributed by atoms with Crippen molar-refractivity contribution in [3.8, 4) is 0 Å². The molecule has 4 nitrogen and oxygen atoms in total. The zero-order valence-corrected chi connectivity index (χ0v) is 15.1. The number of aromatic nitrogens is 1. The van der Waals surface area contributed by atoms with Crippen LogP contribution in [0.4, 0.5) is 17.1 Å². The summed E-state index contributed by atoms with van der Waals surface area (Å²) in [5, 5.41) is 6.35. The number of hydrogen-bond donors (Lipinski definition) is 2. The Morgan fingerprint density at radius 1 is 0.885 bits per heavy atom. The molecule has 0 bridgehead atoms. The molecule has 3 rings (SSSR count). The maximum absolute atomic E-state index is 12.6. The van der Waals surface area contributed by atoms with Gasteiger partial charge in [-0.25, -0.2) is 0 Å². The fourth-order valence-electron chi connectivity index (χ4n) is 2.88. The monoisotopic (exact) mass is 345 g/mol. The third-order valence-electron chi connectivity index (χ3n) is 4.32. The van der Waals surface area contributed by atoms with Crippen LogP contribution < -0.4 is 10.6 Å². The predicted octanol–water partition coefficient (Wildman–Crippen LogP) is 5.20. The van der Waals surface area contributed by atoms with Crippen molar-refractivity contribution in [3.05, 3.63) is 83.7 Å². The zero-order chi connectivity index (χ0) is 18.4. The van der Waals surface area contributed by atoms with Crippen molar-refractivity contribution in [2.24, 2.45) is 0 Å². The summed E-state index contributed by atoms with van der Waals surface area (Å²) in [6.07, 6.45) is 5.11. The van der Waals surface area contributed by atoms with Crippen molar-refractivity contribution in [2.75, 3.05) is 10.6 Å². The topological polar surface area (TPSA) is 54.0 Å². The largest absolute Gasteiger partial charge is 0.354 e. The molecule has 0 radical (unpaired) electrons. The number of benzene rings is 2. The molecule has 0 aliphatic carbocycles. The lowest BCUT2D eigenvalue weighted by atomic mass is 10.1. The molecule has 3 aromatic rings. The van der Waals surface area contributed by atoms with E-state index in [4.69, 9.17) is 0 Å². The molecule has 0 atom stereocenters. The number of rotatable bonds is 6. The van der Waals surface area contributed by atoms with Crippen LogP contribution in [0.3, 0.4) is 0 Å². The zero-order valence-electron chi connectivity index (χ0n) is 15.1. The number of carbonyl (C=O) groups is 1. The Hall–Kier alpha value is -3.14. The molecule has 2 N–H and O–H groups in total. The van der Waals surface area contributed by atoms with Gasteiger partial charge < -0.3 is 10.6 Å². The number of carbonyl (C=O) groups excluding carboxylic acids is 1. The van der Waals surface area contributed by atoms with E-state index < -0.39 is 0 Å². The van der Waals surface area contributed by atoms with Gasteiger partial charge in [0.25, 0.3) is 5.91 Å². The van der Waals surface area contributed by atoms with E-state index in [0.717, 1.165) is 35.5 Å². The summed E-state index contributed by atoms with van der Waals surface area (Å²) in [6.45, 7) is 4.19. The molecule has 0 aliphatic rings. The van der Waals surface area contributed by atoms with Gasteiger partial charge in [0.1, 0.15) is 0 Å². The molecule has 0 unspecified atom stereocenters. The number of amides is 1. The molecule has 0 saturated carbocycles. The highest BCUT2D eigenvalue weighted by Gasteiger charge is 2.10. The molecule has 4 heteroatoms. The molecule has 26 heavy (non-hydrogen) atoms. The molecule has 2 aromatic carbocycles. The summed E-state index contributed by atoms with van der Waals surface area (Å²) < 4.78 is 0. The summed E-state index contributed by atoms with van der Waals surface area (Å²) in [6, 6.07) is 17.8. The smallest absolute Gasteiger partial charge is 0.257 e. The first-order valence-electron chi connectivity index (χ1n) is 8.90. The van der Waals surface area contributed by atoms with Crippen LogP contribution in [-0.4, -0.2) is 10.9 Å². The molecular formula is C22H23N3O. The normalized spacial score (nSPS) is 10.4. The Labute approximate surface area is 154 Å². The number of nitrogens with one attached hydrogen (secondary N) is 2. The second-order valence-electron chi connectivity index (χ2n) is 6.06. The Morgan fingerprint density at radius 2 is 1.50 bits per heavy atom. The van der Waals surface area contributed by atoms with Crippen LogP contribution >= 0.6 is 0 Å². The molecule has 1 aromatic heterocycles. The van der Waals surface area contributed by atoms with Crippen molar-refractivity contribution in [1.29, 1.82) is 0 Å². The van der Waals surface area contributed by atoms with E-state index in [1.165, 1.54) is 5.56 Å². The minimum Gasteiger partial charge on any atom is -0.354 e. The standard InChI is InChI=1S/C22H23N3O/c1-3-16-9-5-7-11-20(16)24-19-13-18(14-23-15-19)22(26)25-21-12-8-6-10-17(21)4-2/h5-15,24H,3-4H2,1-2H3,(H,25,26). The Kier molecular flexibility index (Phi) is 5.64. The molecule has 0 aliphatic heterocycles. The van der Waals surface area contributed by atoms with Crippen LogP contribution in [0.5, 0.6) is 0 Å². The molecule has 0 fully saturated rings. The van der Waals surface area contributed by atoms with E-state index in [0.29, 0.717) is 5.56 Å². The first-order chi connectivity index (χ1) is 12.7. The first-order valence-corrected chi connectivity index (χ1v) is 8.90. The van der Waals surface area contributed by atoms with Gasteiger partial charge in [-0.3, -0.25) is 9.78 Å². The maximum Gasteiger partial charge on any atom is 0.257 e. The SMILES string of the molecule is CCc1ccccc1NC(=O)c1cncc(Nc2ccccc2CC)c1. The van der Waals surface area contributed by atoms with Crippen molar-refractivity contribution >= 4 is 23.0 Å². The van der Waals surface area contributed by atoms with Crippen LogP contribution in [-0.2, 0) is 12.8 Å². The fourth-order valence-corrected chi connectivity index (χ4v) is 2.88. The van der Waals surface area contributed by atoms with Gasteiger partial charge in [-0.05, 0) is 42.2 Å². The number of pyridine rings is 1. The van der Waals surface area contributed by atoms with E-state index in [1.807, 2.05) is 48.5 Å². The van der Waals surface area contributed by atoms with E-state index >= 15 is 0 Å². The quantitative estimate of drug-likeness (QED) is 0.645. The molecule has 132 valence electrons. The molecule has 0 spiro atoms. The van der Waals surface area contributed by atoms with Crippen molar-refractivity contribution in [3.63, 3.8) is 0 Å². The van der Waals surface area contributed by atoms with Gasteiger partial charge in [0, 0.05) is 17.6 Å². The summed E-state index contributed by atoms with van der Waals surface area (Å²) in [5.74, 6) is -0.161. The summed E-state index contributed by atoms with van der Waals surface area (Å²) in [5.41, 5.74) is 5.52. The highest BCUT2D eigenvalue weighted by Crippen LogP contribution is 2.22. The lowest BCUT2D eigenvalue weighted by molar-refractivity contribution is 0.102. The van der Waals surface area contributed by atoms with Crippen LogP contribution in [0, 0.1) is 0 Å². The minimum atomic E-state index is -0.161. The fraction of sp³-hybridized carbons (Fsp3) is 0.182. The number of hydrogen-bond acceptors (Lipinski definition) is 3. The second-order valence-corrected chi connectivity index (χ2v) is 6.06. The maximum atomic E-state index is 12.6. The van der Waals surface area contributed by atoms with Crippen molar-refractivity contribution in [2.45, 2.75) is 26.7 Å². The number of para-hydroxylation sites is 2. The van der Waals surface area contributed by atoms with Crippen molar-refractivity contribution in [1.82, 2.24) is 4.98 Å². The van der Waals surface area contributed by atoms with Gasteiger partial charge in [0.2, 0.25) is 0 Å². The van der Waals surface area contributed by atoms with E-state index in [9.17, 15) is 4.79 Å². The Balaban J connectivity index is 1.79. The highest BCUT2D eigenvalue weighted by atomic mass is 16.1. The van der Waals surface area contributed by atoms with Crippen LogP contribution in [0.2, 0.25) is 0 Å². The highest BCUT2D eigenvalue weighted by molar-refractivity contribution is 6.05. The van der Waals surface area contributed by atoms with Gasteiger partial charge in [-0.2, -0.15) is 0 Å². The summed E-state index contributed by atoms with van der Waals surface area (Å²) in [4.78, 5) is 16.8. The molecular weight excluding hydrogens is 322 g/mol. The van der Waals surface area contributed by atoms with E-state index in [2.05, 4.69) is 35.5 Å². The summed E-state index contributed by atoms with van der Waals surface area (Å²) in [7, 11) is 0. The van der Waals surface area contributed by atoms with Gasteiger partial charge in [-0.1, -0.05) is 50.2 Å².